The zero-order chi connectivity index (χ0) is 31.7. The Kier molecular flexibility index (Phi) is 9.35. The lowest BCUT2D eigenvalue weighted by atomic mass is 9.94. The third-order valence-electron chi connectivity index (χ3n) is 7.61. The van der Waals surface area contributed by atoms with Gasteiger partial charge in [0.1, 0.15) is 30.4 Å². The van der Waals surface area contributed by atoms with Crippen molar-refractivity contribution in [2.24, 2.45) is 0 Å². The van der Waals surface area contributed by atoms with E-state index >= 15 is 0 Å². The van der Waals surface area contributed by atoms with Gasteiger partial charge in [0.25, 0.3) is 12.6 Å². The number of nitrogens with one attached hydrogen (secondary N) is 1. The number of benzene rings is 1. The molecule has 1 unspecified atom stereocenters. The normalized spacial score (nSPS) is 27.9. The molecule has 1 saturated carbocycles. The largest absolute Gasteiger partial charge is 0.479 e. The molecule has 5 atom stereocenters. The smallest absolute Gasteiger partial charge is 0.305 e. The van der Waals surface area contributed by atoms with Gasteiger partial charge < -0.3 is 54.5 Å². The lowest BCUT2D eigenvalue weighted by molar-refractivity contribution is -0.317. The highest BCUT2D eigenvalue weighted by Crippen LogP contribution is 2.46. The van der Waals surface area contributed by atoms with Crippen LogP contribution in [0.1, 0.15) is 46.0 Å². The van der Waals surface area contributed by atoms with Crippen molar-refractivity contribution in [3.05, 3.63) is 48.3 Å². The summed E-state index contributed by atoms with van der Waals surface area (Å²) in [5.41, 5.74) is 3.88. The van der Waals surface area contributed by atoms with Gasteiger partial charge in [-0.05, 0) is 63.5 Å². The topological polar surface area (TPSA) is 209 Å². The van der Waals surface area contributed by atoms with Crippen molar-refractivity contribution >= 4 is 35.6 Å². The second-order valence-electron chi connectivity index (χ2n) is 10.9. The van der Waals surface area contributed by atoms with Crippen LogP contribution in [0.5, 0.6) is 11.6 Å². The Labute approximate surface area is 258 Å². The summed E-state index contributed by atoms with van der Waals surface area (Å²) in [4.78, 5) is 23.2. The van der Waals surface area contributed by atoms with E-state index in [0.29, 0.717) is 11.4 Å². The molecule has 1 aliphatic carbocycles. The number of methoxy groups -OCH3 is 1. The summed E-state index contributed by atoms with van der Waals surface area (Å²) in [5, 5.41) is 36.6. The van der Waals surface area contributed by atoms with Crippen molar-refractivity contribution in [2.75, 3.05) is 19.5 Å². The first-order valence-corrected chi connectivity index (χ1v) is 16.7. The summed E-state index contributed by atoms with van der Waals surface area (Å²) >= 11 is 5.35. The summed E-state index contributed by atoms with van der Waals surface area (Å²) in [6.07, 6.45) is 2.99. The first-order chi connectivity index (χ1) is 20.8. The number of nitrogens with two attached hydrogens (primary N) is 1. The number of imidazole rings is 1. The van der Waals surface area contributed by atoms with Gasteiger partial charge in [-0.15, -0.1) is 0 Å². The number of hydrogen-bond acceptors (Lipinski definition) is 13. The van der Waals surface area contributed by atoms with E-state index in [0.717, 1.165) is 43.0 Å². The predicted octanol–water partition coefficient (Wildman–Crippen LogP) is 1.97. The summed E-state index contributed by atoms with van der Waals surface area (Å²) < 4.78 is 29.8. The molecule has 2 aromatic heterocycles. The fraction of sp³-hybridized carbons (Fsp3) is 0.519. The van der Waals surface area contributed by atoms with Crippen molar-refractivity contribution in [2.45, 2.75) is 75.8 Å². The van der Waals surface area contributed by atoms with Gasteiger partial charge in [-0.25, -0.2) is 4.98 Å². The quantitative estimate of drug-likeness (QED) is 0.129. The van der Waals surface area contributed by atoms with Gasteiger partial charge in [-0.2, -0.15) is 9.97 Å². The van der Waals surface area contributed by atoms with Crippen LogP contribution in [-0.4, -0.2) is 77.4 Å². The van der Waals surface area contributed by atoms with Crippen molar-refractivity contribution in [1.82, 2.24) is 24.6 Å². The Morgan fingerprint density at radius 2 is 1.91 bits per heavy atom. The van der Waals surface area contributed by atoms with E-state index < -0.39 is 37.0 Å². The van der Waals surface area contributed by atoms with Crippen LogP contribution in [0, 0.1) is 0 Å². The fourth-order valence-corrected chi connectivity index (χ4v) is 6.73. The predicted molar refractivity (Wildman–Crippen MR) is 161 cm³/mol. The minimum Gasteiger partial charge on any atom is -0.479 e. The highest BCUT2D eigenvalue weighted by atomic mass is 32.5. The molecule has 5 rings (SSSR count). The molecule has 7 N–H and O–H groups in total. The third kappa shape index (κ3) is 6.48. The zero-order valence-electron chi connectivity index (χ0n) is 24.5. The van der Waals surface area contributed by atoms with Gasteiger partial charge in [0, 0.05) is 0 Å². The highest BCUT2D eigenvalue weighted by molar-refractivity contribution is 8.08. The van der Waals surface area contributed by atoms with Crippen LogP contribution in [0.2, 0.25) is 0 Å². The summed E-state index contributed by atoms with van der Waals surface area (Å²) in [7, 11) is 1.36. The molecular weight excluding hydrogens is 615 g/mol. The molecule has 0 radical (unpaired) electrons. The average molecular weight is 653 g/mol. The van der Waals surface area contributed by atoms with Gasteiger partial charge in [0.15, 0.2) is 16.8 Å². The molecule has 3 aromatic rings. The number of nitrogens with zero attached hydrogens (tertiary/aromatic N) is 4. The maximum absolute atomic E-state index is 11.6. The van der Waals surface area contributed by atoms with Crippen molar-refractivity contribution < 1.29 is 43.7 Å². The molecule has 3 heterocycles. The summed E-state index contributed by atoms with van der Waals surface area (Å²) in [6.45, 7) is -1.51. The number of allylic oxidation sites excluding steroid dienone is 1. The molecule has 240 valence electrons. The summed E-state index contributed by atoms with van der Waals surface area (Å²) in [5.74, 6) is -2.06. The maximum Gasteiger partial charge on any atom is 0.305 e. The molecule has 1 aromatic carbocycles. The van der Waals surface area contributed by atoms with Crippen LogP contribution in [0.3, 0.4) is 0 Å². The van der Waals surface area contributed by atoms with Crippen LogP contribution in [-0.2, 0) is 31.7 Å². The van der Waals surface area contributed by atoms with E-state index in [1.54, 1.807) is 19.1 Å². The average Bonchev–Trinajstić information content (AvgIpc) is 3.49. The lowest BCUT2D eigenvalue weighted by Crippen LogP contribution is -2.55. The first-order valence-electron chi connectivity index (χ1n) is 14.1. The van der Waals surface area contributed by atoms with Gasteiger partial charge >= 0.3 is 5.95 Å². The molecule has 1 aliphatic heterocycles. The fourth-order valence-electron chi connectivity index (χ4n) is 5.21. The van der Waals surface area contributed by atoms with Crippen LogP contribution in [0.4, 0.5) is 5.95 Å². The molecule has 1 saturated heterocycles. The first kappa shape index (κ1) is 32.3. The van der Waals surface area contributed by atoms with Gasteiger partial charge in [-0.1, -0.05) is 24.6 Å². The number of fused-ring (bicyclic) bond motifs is 1. The Hall–Kier alpha value is -3.08. The van der Waals surface area contributed by atoms with Crippen LogP contribution < -0.4 is 20.3 Å². The molecule has 0 bridgehead atoms. The Morgan fingerprint density at radius 1 is 1.20 bits per heavy atom. The maximum atomic E-state index is 11.6. The zero-order valence-corrected chi connectivity index (χ0v) is 26.2. The van der Waals surface area contributed by atoms with E-state index in [2.05, 4.69) is 20.0 Å². The van der Waals surface area contributed by atoms with Gasteiger partial charge in [-0.3, -0.25) is 4.57 Å². The minimum atomic E-state index is -3.80. The Balaban J connectivity index is 1.33. The van der Waals surface area contributed by atoms with Crippen molar-refractivity contribution in [1.29, 1.82) is 0 Å². The second-order valence-corrected chi connectivity index (χ2v) is 13.9. The van der Waals surface area contributed by atoms with E-state index in [1.807, 2.05) is 18.2 Å². The number of para-hydroxylation sites is 1. The molecule has 44 heavy (non-hydrogen) atoms. The van der Waals surface area contributed by atoms with E-state index in [9.17, 15) is 20.2 Å². The van der Waals surface area contributed by atoms with E-state index in [4.69, 9.17) is 41.0 Å². The number of anilines is 1. The number of ether oxygens (including phenoxy) is 4. The molecule has 2 aliphatic rings. The molecule has 17 heteroatoms. The number of aliphatic hydroxyl groups is 3. The lowest BCUT2D eigenvalue weighted by Gasteiger charge is -2.34. The third-order valence-corrected chi connectivity index (χ3v) is 9.32. The number of hydrogen-bond donors (Lipinski definition) is 6. The number of rotatable bonds is 11. The molecule has 2 fully saturated rings. The Morgan fingerprint density at radius 3 is 2.59 bits per heavy atom. The van der Waals surface area contributed by atoms with Crippen molar-refractivity contribution in [3.63, 3.8) is 0 Å². The van der Waals surface area contributed by atoms with Crippen LogP contribution in [0.25, 0.3) is 11.2 Å². The highest BCUT2D eigenvalue weighted by Gasteiger charge is 2.64. The SMILES string of the molecule is COc1nc(N)nc2c1ncn2[C@@]1(O)O[C@H](COP(O)(=S)NC(C)=C(Oc2ccccc2)OC2CCCCC2)[C@@H](O)[C@@]1(C)O. The second kappa shape index (κ2) is 12.7. The van der Waals surface area contributed by atoms with Crippen molar-refractivity contribution in [3.8, 4) is 11.6 Å². The number of aromatic nitrogens is 4. The van der Waals surface area contributed by atoms with E-state index in [-0.39, 0.29) is 35.0 Å². The standard InChI is InChI=1S/C27H37N6O9PS/c1-16(24(40-17-10-6-4-7-11-17)41-18-12-8-5-9-13-18)32-43(37,44)39-14-19-21(34)26(2,35)27(36,42-19)33-15-29-20-22(33)30-25(28)31-23(20)38-3/h4,6-7,10-11,15,18-19,21,34-36H,5,8-9,12-14H2,1-3H3,(H2,28,30,31)(H2,32,37,44)/t19-,21-,26-,27+,43?/m1/s1. The van der Waals surface area contributed by atoms with Gasteiger partial charge in [0.2, 0.25) is 11.8 Å². The summed E-state index contributed by atoms with van der Waals surface area (Å²) in [6, 6.07) is 9.05. The molecule has 0 spiro atoms. The molecular formula is C27H37N6O9PS. The van der Waals surface area contributed by atoms with Crippen LogP contribution in [0.15, 0.2) is 48.3 Å². The van der Waals surface area contributed by atoms with Crippen LogP contribution >= 0.6 is 6.64 Å². The molecule has 0 amide bonds. The number of nitrogen functional groups attached to an aromatic ring is 1. The van der Waals surface area contributed by atoms with Gasteiger partial charge in [0.05, 0.1) is 19.4 Å². The monoisotopic (exact) mass is 652 g/mol. The molecule has 15 nitrogen and oxygen atoms in total. The number of aliphatic hydroxyl groups excluding tert-OH is 1. The Bertz CT molecular complexity index is 1550. The minimum absolute atomic E-state index is 0.0236. The van der Waals surface area contributed by atoms with E-state index in [1.165, 1.54) is 14.0 Å².